The highest BCUT2D eigenvalue weighted by molar-refractivity contribution is 5.45. The normalized spacial score (nSPS) is 10.2. The van der Waals surface area contributed by atoms with Crippen molar-refractivity contribution in [3.63, 3.8) is 0 Å². The monoisotopic (exact) mass is 357 g/mol. The highest BCUT2D eigenvalue weighted by Crippen LogP contribution is 2.29. The molecule has 2 aromatic rings. The second-order valence-electron chi connectivity index (χ2n) is 5.61. The van der Waals surface area contributed by atoms with E-state index in [1.165, 1.54) is 6.07 Å². The molecule has 2 rings (SSSR count). The third-order valence-corrected chi connectivity index (χ3v) is 3.72. The van der Waals surface area contributed by atoms with E-state index in [2.05, 4.69) is 6.58 Å². The number of rotatable bonds is 11. The first-order chi connectivity index (χ1) is 12.7. The van der Waals surface area contributed by atoms with Crippen LogP contribution in [0.4, 0.5) is 5.69 Å². The second kappa shape index (κ2) is 10.1. The van der Waals surface area contributed by atoms with Gasteiger partial charge in [-0.1, -0.05) is 24.3 Å². The molecule has 0 aromatic heterocycles. The Labute approximate surface area is 153 Å². The molecule has 0 saturated carbocycles. The summed E-state index contributed by atoms with van der Waals surface area (Å²) >= 11 is 0. The number of benzene rings is 2. The van der Waals surface area contributed by atoms with Crippen LogP contribution in [0.5, 0.6) is 17.2 Å². The Kier molecular flexibility index (Phi) is 7.49. The van der Waals surface area contributed by atoms with Crippen LogP contribution in [0.3, 0.4) is 0 Å². The molecule has 0 bridgehead atoms. The summed E-state index contributed by atoms with van der Waals surface area (Å²) in [5, 5.41) is 10.9. The summed E-state index contributed by atoms with van der Waals surface area (Å²) in [4.78, 5) is 10.5. The molecule has 0 aliphatic heterocycles. The first-order valence-electron chi connectivity index (χ1n) is 8.42. The number of hydrogen-bond donors (Lipinski definition) is 0. The minimum Gasteiger partial charge on any atom is -0.493 e. The zero-order chi connectivity index (χ0) is 18.8. The summed E-state index contributed by atoms with van der Waals surface area (Å²) in [5.74, 6) is 1.68. The van der Waals surface area contributed by atoms with Crippen LogP contribution in [-0.4, -0.2) is 25.2 Å². The van der Waals surface area contributed by atoms with Crippen LogP contribution in [-0.2, 0) is 6.42 Å². The number of para-hydroxylation sites is 2. The van der Waals surface area contributed by atoms with Gasteiger partial charge in [-0.05, 0) is 43.0 Å². The van der Waals surface area contributed by atoms with Crippen LogP contribution in [0, 0.1) is 10.1 Å². The fraction of sp³-hybridized carbons (Fsp3) is 0.300. The maximum Gasteiger partial charge on any atom is 0.310 e. The largest absolute Gasteiger partial charge is 0.493 e. The number of nitrogens with zero attached hydrogens (tertiary/aromatic N) is 1. The van der Waals surface area contributed by atoms with Crippen molar-refractivity contribution in [2.45, 2.75) is 19.3 Å². The lowest BCUT2D eigenvalue weighted by Gasteiger charge is -2.12. The molecule has 0 unspecified atom stereocenters. The molecule has 0 aliphatic carbocycles. The average Bonchev–Trinajstić information content (AvgIpc) is 2.65. The molecule has 0 aliphatic rings. The molecule has 0 amide bonds. The molecule has 6 heteroatoms. The lowest BCUT2D eigenvalue weighted by atomic mass is 10.1. The molecule has 0 spiro atoms. The van der Waals surface area contributed by atoms with Crippen molar-refractivity contribution in [2.75, 3.05) is 20.3 Å². The Balaban J connectivity index is 1.76. The molecule has 138 valence electrons. The van der Waals surface area contributed by atoms with Gasteiger partial charge < -0.3 is 14.2 Å². The average molecular weight is 357 g/mol. The molecule has 0 radical (unpaired) electrons. The van der Waals surface area contributed by atoms with Crippen molar-refractivity contribution in [1.82, 2.24) is 0 Å². The Morgan fingerprint density at radius 1 is 1.04 bits per heavy atom. The van der Waals surface area contributed by atoms with Crippen molar-refractivity contribution >= 4 is 5.69 Å². The highest BCUT2D eigenvalue weighted by atomic mass is 16.6. The zero-order valence-corrected chi connectivity index (χ0v) is 14.8. The van der Waals surface area contributed by atoms with Crippen LogP contribution in [0.15, 0.2) is 55.1 Å². The van der Waals surface area contributed by atoms with Gasteiger partial charge in [0, 0.05) is 6.07 Å². The van der Waals surface area contributed by atoms with Crippen LogP contribution in [0.25, 0.3) is 0 Å². The molecule has 0 N–H and O–H groups in total. The Bertz CT molecular complexity index is 745. The minimum absolute atomic E-state index is 0.0203. The number of methoxy groups -OCH3 is 1. The maximum absolute atomic E-state index is 10.9. The van der Waals surface area contributed by atoms with E-state index in [0.717, 1.165) is 24.8 Å². The Hall–Kier alpha value is -3.02. The van der Waals surface area contributed by atoms with E-state index in [9.17, 15) is 10.1 Å². The van der Waals surface area contributed by atoms with E-state index < -0.39 is 4.92 Å². The molecule has 6 nitrogen and oxygen atoms in total. The topological polar surface area (TPSA) is 70.8 Å². The number of nitro benzene ring substituents is 1. The third kappa shape index (κ3) is 5.51. The van der Waals surface area contributed by atoms with Gasteiger partial charge in [0.1, 0.15) is 0 Å². The van der Waals surface area contributed by atoms with Gasteiger partial charge in [0.2, 0.25) is 0 Å². The van der Waals surface area contributed by atoms with Gasteiger partial charge in [-0.2, -0.15) is 0 Å². The zero-order valence-electron chi connectivity index (χ0n) is 14.8. The first-order valence-corrected chi connectivity index (χ1v) is 8.42. The maximum atomic E-state index is 10.9. The quantitative estimate of drug-likeness (QED) is 0.255. The second-order valence-corrected chi connectivity index (χ2v) is 5.61. The number of hydrogen-bond acceptors (Lipinski definition) is 5. The summed E-state index contributed by atoms with van der Waals surface area (Å²) in [6.07, 6.45) is 4.10. The predicted octanol–water partition coefficient (Wildman–Crippen LogP) is 4.57. The lowest BCUT2D eigenvalue weighted by molar-refractivity contribution is -0.385. The van der Waals surface area contributed by atoms with E-state index in [4.69, 9.17) is 14.2 Å². The van der Waals surface area contributed by atoms with Gasteiger partial charge in [-0.25, -0.2) is 0 Å². The molecular weight excluding hydrogens is 334 g/mol. The van der Waals surface area contributed by atoms with Crippen molar-refractivity contribution in [2.24, 2.45) is 0 Å². The molecule has 0 fully saturated rings. The summed E-state index contributed by atoms with van der Waals surface area (Å²) in [5.41, 5.74) is 1.09. The number of allylic oxidation sites excluding steroid dienone is 1. The number of nitro groups is 1. The van der Waals surface area contributed by atoms with Crippen molar-refractivity contribution in [3.8, 4) is 17.2 Å². The van der Waals surface area contributed by atoms with Crippen molar-refractivity contribution in [3.05, 3.63) is 70.8 Å². The van der Waals surface area contributed by atoms with Gasteiger partial charge in [0.25, 0.3) is 0 Å². The summed E-state index contributed by atoms with van der Waals surface area (Å²) in [6, 6.07) is 12.2. The lowest BCUT2D eigenvalue weighted by Crippen LogP contribution is -2.04. The van der Waals surface area contributed by atoms with Gasteiger partial charge >= 0.3 is 5.69 Å². The fourth-order valence-electron chi connectivity index (χ4n) is 2.42. The van der Waals surface area contributed by atoms with E-state index in [0.29, 0.717) is 24.7 Å². The molecule has 0 atom stereocenters. The van der Waals surface area contributed by atoms with Crippen LogP contribution >= 0.6 is 0 Å². The standard InChI is InChI=1S/C20H23NO5/c1-3-8-16-11-12-19(20(15-16)24-2)26-14-7-6-13-25-18-10-5-4-9-17(18)21(22)23/h3-5,9-12,15H,1,6-8,13-14H2,2H3. The summed E-state index contributed by atoms with van der Waals surface area (Å²) in [7, 11) is 1.61. The van der Waals surface area contributed by atoms with Gasteiger partial charge in [-0.3, -0.25) is 10.1 Å². The minimum atomic E-state index is -0.444. The molecular formula is C20H23NO5. The van der Waals surface area contributed by atoms with E-state index >= 15 is 0 Å². The number of unbranched alkanes of at least 4 members (excludes halogenated alkanes) is 1. The van der Waals surface area contributed by atoms with E-state index in [-0.39, 0.29) is 11.4 Å². The van der Waals surface area contributed by atoms with E-state index in [1.54, 1.807) is 25.3 Å². The summed E-state index contributed by atoms with van der Waals surface area (Å²) < 4.78 is 16.6. The van der Waals surface area contributed by atoms with Gasteiger partial charge in [-0.15, -0.1) is 6.58 Å². The van der Waals surface area contributed by atoms with Gasteiger partial charge in [0.05, 0.1) is 25.2 Å². The van der Waals surface area contributed by atoms with Crippen LogP contribution in [0.2, 0.25) is 0 Å². The van der Waals surface area contributed by atoms with Crippen LogP contribution < -0.4 is 14.2 Å². The van der Waals surface area contributed by atoms with Crippen molar-refractivity contribution in [1.29, 1.82) is 0 Å². The molecule has 0 heterocycles. The van der Waals surface area contributed by atoms with Gasteiger partial charge in [0.15, 0.2) is 17.2 Å². The van der Waals surface area contributed by atoms with Crippen molar-refractivity contribution < 1.29 is 19.1 Å². The number of ether oxygens (including phenoxy) is 3. The van der Waals surface area contributed by atoms with E-state index in [1.807, 2.05) is 24.3 Å². The predicted molar refractivity (Wildman–Crippen MR) is 100 cm³/mol. The summed E-state index contributed by atoms with van der Waals surface area (Å²) in [6.45, 7) is 4.63. The highest BCUT2D eigenvalue weighted by Gasteiger charge is 2.13. The Morgan fingerprint density at radius 2 is 1.73 bits per heavy atom. The first kappa shape index (κ1) is 19.3. The Morgan fingerprint density at radius 3 is 2.38 bits per heavy atom. The third-order valence-electron chi connectivity index (χ3n) is 3.72. The molecule has 26 heavy (non-hydrogen) atoms. The van der Waals surface area contributed by atoms with Crippen LogP contribution in [0.1, 0.15) is 18.4 Å². The smallest absolute Gasteiger partial charge is 0.310 e. The molecule has 2 aromatic carbocycles. The molecule has 0 saturated heterocycles. The fourth-order valence-corrected chi connectivity index (χ4v) is 2.42. The SMILES string of the molecule is C=CCc1ccc(OCCCCOc2ccccc2[N+](=O)[O-])c(OC)c1.